The first-order valence-electron chi connectivity index (χ1n) is 6.73. The summed E-state index contributed by atoms with van der Waals surface area (Å²) in [6.07, 6.45) is 2.52. The Morgan fingerprint density at radius 3 is 2.55 bits per heavy atom. The SMILES string of the molecule is CCCN(C1CC1)S(=O)(=O)c1cc(C(=O)O)ccc1C. The number of carbonyl (C=O) groups is 1. The Hall–Kier alpha value is -1.40. The number of carboxylic acids is 1. The quantitative estimate of drug-likeness (QED) is 0.874. The molecule has 1 fully saturated rings. The van der Waals surface area contributed by atoms with E-state index >= 15 is 0 Å². The number of hydrogen-bond acceptors (Lipinski definition) is 3. The van der Waals surface area contributed by atoms with Crippen molar-refractivity contribution in [3.63, 3.8) is 0 Å². The third-order valence-electron chi connectivity index (χ3n) is 3.42. The highest BCUT2D eigenvalue weighted by atomic mass is 32.2. The van der Waals surface area contributed by atoms with Crippen molar-refractivity contribution in [1.82, 2.24) is 4.31 Å². The van der Waals surface area contributed by atoms with Crippen LogP contribution in [0.3, 0.4) is 0 Å². The lowest BCUT2D eigenvalue weighted by molar-refractivity contribution is 0.0696. The molecule has 1 N–H and O–H groups in total. The minimum atomic E-state index is -3.62. The van der Waals surface area contributed by atoms with Gasteiger partial charge in [-0.15, -0.1) is 0 Å². The van der Waals surface area contributed by atoms with Gasteiger partial charge in [0.1, 0.15) is 0 Å². The smallest absolute Gasteiger partial charge is 0.335 e. The molecule has 0 aliphatic heterocycles. The number of rotatable bonds is 6. The van der Waals surface area contributed by atoms with Crippen molar-refractivity contribution in [2.45, 2.75) is 44.0 Å². The van der Waals surface area contributed by atoms with Crippen molar-refractivity contribution >= 4 is 16.0 Å². The van der Waals surface area contributed by atoms with E-state index in [4.69, 9.17) is 5.11 Å². The highest BCUT2D eigenvalue weighted by Crippen LogP contribution is 2.33. The van der Waals surface area contributed by atoms with Crippen molar-refractivity contribution in [1.29, 1.82) is 0 Å². The summed E-state index contributed by atoms with van der Waals surface area (Å²) < 4.78 is 27.0. The van der Waals surface area contributed by atoms with E-state index in [0.29, 0.717) is 12.1 Å². The molecule has 1 aliphatic rings. The molecule has 0 unspecified atom stereocenters. The Morgan fingerprint density at radius 1 is 1.40 bits per heavy atom. The molecule has 5 nitrogen and oxygen atoms in total. The van der Waals surface area contributed by atoms with Crippen molar-refractivity contribution in [2.75, 3.05) is 6.54 Å². The lowest BCUT2D eigenvalue weighted by Crippen LogP contribution is -2.34. The summed E-state index contributed by atoms with van der Waals surface area (Å²) in [6, 6.07) is 4.32. The molecule has 110 valence electrons. The third-order valence-corrected chi connectivity index (χ3v) is 5.51. The summed E-state index contributed by atoms with van der Waals surface area (Å²) >= 11 is 0. The number of benzene rings is 1. The van der Waals surface area contributed by atoms with E-state index in [9.17, 15) is 13.2 Å². The van der Waals surface area contributed by atoms with E-state index in [1.165, 1.54) is 16.4 Å². The molecule has 0 bridgehead atoms. The fourth-order valence-corrected chi connectivity index (χ4v) is 4.25. The van der Waals surface area contributed by atoms with Crippen LogP contribution in [-0.2, 0) is 10.0 Å². The van der Waals surface area contributed by atoms with Gasteiger partial charge in [-0.2, -0.15) is 4.31 Å². The maximum atomic E-state index is 12.7. The number of nitrogens with zero attached hydrogens (tertiary/aromatic N) is 1. The predicted molar refractivity (Wildman–Crippen MR) is 75.3 cm³/mol. The predicted octanol–water partition coefficient (Wildman–Crippen LogP) is 2.26. The average molecular weight is 297 g/mol. The highest BCUT2D eigenvalue weighted by molar-refractivity contribution is 7.89. The van der Waals surface area contributed by atoms with Crippen LogP contribution in [0.15, 0.2) is 23.1 Å². The van der Waals surface area contributed by atoms with Crippen LogP contribution in [0.1, 0.15) is 42.1 Å². The molecule has 0 saturated heterocycles. The summed E-state index contributed by atoms with van der Waals surface area (Å²) in [7, 11) is -3.62. The maximum Gasteiger partial charge on any atom is 0.335 e. The molecule has 0 aromatic heterocycles. The lowest BCUT2D eigenvalue weighted by Gasteiger charge is -2.22. The van der Waals surface area contributed by atoms with Gasteiger partial charge in [0.15, 0.2) is 0 Å². The maximum absolute atomic E-state index is 12.7. The van der Waals surface area contributed by atoms with Gasteiger partial charge in [0.25, 0.3) is 0 Å². The first-order chi connectivity index (χ1) is 9.37. The van der Waals surface area contributed by atoms with Crippen LogP contribution in [0.2, 0.25) is 0 Å². The van der Waals surface area contributed by atoms with E-state index in [1.54, 1.807) is 13.0 Å². The minimum absolute atomic E-state index is 0.00132. The van der Waals surface area contributed by atoms with Crippen LogP contribution in [0.5, 0.6) is 0 Å². The van der Waals surface area contributed by atoms with E-state index < -0.39 is 16.0 Å². The fourth-order valence-electron chi connectivity index (χ4n) is 2.22. The van der Waals surface area contributed by atoms with Crippen molar-refractivity contribution in [3.8, 4) is 0 Å². The number of aromatic carboxylic acids is 1. The molecule has 0 spiro atoms. The summed E-state index contributed by atoms with van der Waals surface area (Å²) in [4.78, 5) is 11.1. The molecule has 2 rings (SSSR count). The van der Waals surface area contributed by atoms with Gasteiger partial charge < -0.3 is 5.11 Å². The Morgan fingerprint density at radius 2 is 2.05 bits per heavy atom. The largest absolute Gasteiger partial charge is 0.478 e. The number of hydrogen-bond donors (Lipinski definition) is 1. The molecule has 1 saturated carbocycles. The first-order valence-corrected chi connectivity index (χ1v) is 8.17. The van der Waals surface area contributed by atoms with Crippen LogP contribution in [0.4, 0.5) is 0 Å². The van der Waals surface area contributed by atoms with Crippen LogP contribution >= 0.6 is 0 Å². The minimum Gasteiger partial charge on any atom is -0.478 e. The van der Waals surface area contributed by atoms with Gasteiger partial charge in [0, 0.05) is 12.6 Å². The highest BCUT2D eigenvalue weighted by Gasteiger charge is 2.38. The van der Waals surface area contributed by atoms with Gasteiger partial charge in [-0.3, -0.25) is 0 Å². The first kappa shape index (κ1) is 15.0. The second kappa shape index (κ2) is 5.54. The number of aryl methyl sites for hydroxylation is 1. The molecule has 0 atom stereocenters. The van der Waals surface area contributed by atoms with E-state index in [2.05, 4.69) is 0 Å². The normalized spacial score (nSPS) is 15.6. The molecular weight excluding hydrogens is 278 g/mol. The lowest BCUT2D eigenvalue weighted by atomic mass is 10.1. The Kier molecular flexibility index (Phi) is 4.15. The van der Waals surface area contributed by atoms with Crippen LogP contribution in [0, 0.1) is 6.92 Å². The Balaban J connectivity index is 2.47. The van der Waals surface area contributed by atoms with Crippen LogP contribution in [-0.4, -0.2) is 36.4 Å². The van der Waals surface area contributed by atoms with Crippen LogP contribution < -0.4 is 0 Å². The fraction of sp³-hybridized carbons (Fsp3) is 0.500. The zero-order valence-corrected chi connectivity index (χ0v) is 12.5. The van der Waals surface area contributed by atoms with Crippen molar-refractivity contribution < 1.29 is 18.3 Å². The molecule has 1 aromatic rings. The molecule has 1 aliphatic carbocycles. The molecule has 20 heavy (non-hydrogen) atoms. The second-order valence-corrected chi connectivity index (χ2v) is 6.99. The molecular formula is C14H19NO4S. The van der Waals surface area contributed by atoms with E-state index in [-0.39, 0.29) is 16.5 Å². The standard InChI is InChI=1S/C14H19NO4S/c1-3-8-15(12-6-7-12)20(18,19)13-9-11(14(16)17)5-4-10(13)2/h4-5,9,12H,3,6-8H2,1-2H3,(H,16,17). The van der Waals surface area contributed by atoms with Crippen molar-refractivity contribution in [2.24, 2.45) is 0 Å². The zero-order chi connectivity index (χ0) is 14.9. The van der Waals surface area contributed by atoms with Gasteiger partial charge in [0.2, 0.25) is 10.0 Å². The Labute approximate surface area is 119 Å². The van der Waals surface area contributed by atoms with Crippen LogP contribution in [0.25, 0.3) is 0 Å². The van der Waals surface area contributed by atoms with Gasteiger partial charge in [-0.05, 0) is 43.9 Å². The zero-order valence-electron chi connectivity index (χ0n) is 11.7. The summed E-state index contributed by atoms with van der Waals surface area (Å²) in [5, 5.41) is 9.02. The average Bonchev–Trinajstić information content (AvgIpc) is 3.19. The number of carboxylic acid groups (broad SMARTS) is 1. The summed E-state index contributed by atoms with van der Waals surface area (Å²) in [5.41, 5.74) is 0.582. The van der Waals surface area contributed by atoms with Gasteiger partial charge in [0.05, 0.1) is 10.5 Å². The molecule has 6 heteroatoms. The molecule has 0 radical (unpaired) electrons. The molecule has 0 amide bonds. The molecule has 1 aromatic carbocycles. The summed E-state index contributed by atoms with van der Waals surface area (Å²) in [5.74, 6) is -1.12. The topological polar surface area (TPSA) is 74.7 Å². The van der Waals surface area contributed by atoms with Gasteiger partial charge >= 0.3 is 5.97 Å². The second-order valence-electron chi connectivity index (χ2n) is 5.13. The van der Waals surface area contributed by atoms with E-state index in [0.717, 1.165) is 19.3 Å². The monoisotopic (exact) mass is 297 g/mol. The third kappa shape index (κ3) is 2.86. The van der Waals surface area contributed by atoms with Crippen molar-refractivity contribution in [3.05, 3.63) is 29.3 Å². The summed E-state index contributed by atoms with van der Waals surface area (Å²) in [6.45, 7) is 4.10. The van der Waals surface area contributed by atoms with Gasteiger partial charge in [-0.25, -0.2) is 13.2 Å². The van der Waals surface area contributed by atoms with E-state index in [1.807, 2.05) is 6.92 Å². The van der Waals surface area contributed by atoms with Gasteiger partial charge in [-0.1, -0.05) is 13.0 Å². The molecule has 0 heterocycles. The Bertz CT molecular complexity index is 620. The number of sulfonamides is 1.